The number of piperidine rings is 1. The molecule has 2 N–H and O–H groups in total. The van der Waals surface area contributed by atoms with Gasteiger partial charge in [0.15, 0.2) is 0 Å². The van der Waals surface area contributed by atoms with E-state index in [-0.39, 0.29) is 0 Å². The zero-order chi connectivity index (χ0) is 22.4. The average Bonchev–Trinajstić information content (AvgIpc) is 3.20. The van der Waals surface area contributed by atoms with E-state index in [0.717, 1.165) is 25.1 Å². The van der Waals surface area contributed by atoms with Crippen molar-refractivity contribution in [2.75, 3.05) is 19.6 Å². The largest absolute Gasteiger partial charge is 0.473 e. The van der Waals surface area contributed by atoms with Crippen molar-refractivity contribution in [3.05, 3.63) is 51.8 Å². The number of rotatable bonds is 3. The first kappa shape index (κ1) is 23.3. The normalized spacial score (nSPS) is 17.5. The van der Waals surface area contributed by atoms with Crippen molar-refractivity contribution in [2.24, 2.45) is 0 Å². The second-order valence-corrected chi connectivity index (χ2v) is 8.38. The predicted molar refractivity (Wildman–Crippen MR) is 120 cm³/mol. The van der Waals surface area contributed by atoms with Crippen molar-refractivity contribution in [1.82, 2.24) is 14.7 Å². The van der Waals surface area contributed by atoms with E-state index >= 15 is 0 Å². The van der Waals surface area contributed by atoms with E-state index in [4.69, 9.17) is 43.0 Å². The lowest BCUT2D eigenvalue weighted by Crippen LogP contribution is -2.29. The highest BCUT2D eigenvalue weighted by molar-refractivity contribution is 6.42. The molecule has 31 heavy (non-hydrogen) atoms. The van der Waals surface area contributed by atoms with E-state index in [0.29, 0.717) is 10.0 Å². The van der Waals surface area contributed by atoms with Gasteiger partial charge in [-0.15, -0.1) is 0 Å². The third-order valence-corrected chi connectivity index (χ3v) is 6.19. The molecule has 0 spiro atoms. The number of carbonyl (C=O) groups is 2. The smallest absolute Gasteiger partial charge is 0.414 e. The number of allylic oxidation sites excluding steroid dienone is 1. The van der Waals surface area contributed by atoms with Gasteiger partial charge in [-0.2, -0.15) is 5.10 Å². The Morgan fingerprint density at radius 1 is 1.00 bits per heavy atom. The molecule has 0 saturated carbocycles. The van der Waals surface area contributed by atoms with Crippen molar-refractivity contribution in [1.29, 1.82) is 0 Å². The summed E-state index contributed by atoms with van der Waals surface area (Å²) in [6.45, 7) is 3.53. The van der Waals surface area contributed by atoms with Crippen LogP contribution in [0.25, 0.3) is 11.3 Å². The summed E-state index contributed by atoms with van der Waals surface area (Å²) in [5.41, 5.74) is 5.01. The molecule has 166 valence electrons. The highest BCUT2D eigenvalue weighted by Crippen LogP contribution is 2.33. The summed E-state index contributed by atoms with van der Waals surface area (Å²) in [7, 11) is 0. The van der Waals surface area contributed by atoms with Crippen LogP contribution in [0.3, 0.4) is 0 Å². The Labute approximate surface area is 190 Å². The Balaban J connectivity index is 0.000000401. The number of likely N-dealkylation sites (tertiary alicyclic amines) is 1. The fourth-order valence-corrected chi connectivity index (χ4v) is 4.19. The van der Waals surface area contributed by atoms with Crippen LogP contribution in [0.2, 0.25) is 10.0 Å². The number of benzene rings is 1. The molecule has 7 nitrogen and oxygen atoms in total. The van der Waals surface area contributed by atoms with Crippen molar-refractivity contribution >= 4 is 40.7 Å². The Hall–Kier alpha value is -2.35. The standard InChI is InChI=1S/C20H23Cl2N3.C2H2O4/c21-18-8-7-16(13-19(18)22)25-20-6-4-5-15(17(20)14-23-25)9-12-24-10-2-1-3-11-24;3-1(4)2(5)6/h7-9,13-14H,1-6,10-12H2;(H,3,4)(H,5,6)/b15-9+;. The van der Waals surface area contributed by atoms with E-state index in [1.165, 1.54) is 55.6 Å². The van der Waals surface area contributed by atoms with Crippen LogP contribution < -0.4 is 0 Å². The van der Waals surface area contributed by atoms with Gasteiger partial charge >= 0.3 is 11.9 Å². The first-order chi connectivity index (χ1) is 14.9. The summed E-state index contributed by atoms with van der Waals surface area (Å²) in [5.74, 6) is -3.65. The molecule has 1 aromatic heterocycles. The van der Waals surface area contributed by atoms with Gasteiger partial charge in [0.25, 0.3) is 0 Å². The second-order valence-electron chi connectivity index (χ2n) is 7.57. The molecule has 0 bridgehead atoms. The number of aliphatic carboxylic acids is 2. The molecule has 0 atom stereocenters. The summed E-state index contributed by atoms with van der Waals surface area (Å²) in [6, 6.07) is 5.71. The molecular weight excluding hydrogens is 441 g/mol. The minimum absolute atomic E-state index is 0.570. The van der Waals surface area contributed by atoms with Crippen LogP contribution in [-0.4, -0.2) is 56.5 Å². The topological polar surface area (TPSA) is 95.7 Å². The van der Waals surface area contributed by atoms with Gasteiger partial charge in [0.2, 0.25) is 0 Å². The number of carboxylic acid groups (broad SMARTS) is 2. The molecule has 9 heteroatoms. The van der Waals surface area contributed by atoms with E-state index in [2.05, 4.69) is 16.1 Å². The number of halogens is 2. The average molecular weight is 466 g/mol. The van der Waals surface area contributed by atoms with Crippen LogP contribution in [0.1, 0.15) is 43.4 Å². The van der Waals surface area contributed by atoms with E-state index < -0.39 is 11.9 Å². The first-order valence-corrected chi connectivity index (χ1v) is 11.0. The molecule has 1 aromatic carbocycles. The van der Waals surface area contributed by atoms with E-state index in [1.54, 1.807) is 0 Å². The summed E-state index contributed by atoms with van der Waals surface area (Å²) < 4.78 is 2.02. The molecule has 2 aromatic rings. The number of aromatic nitrogens is 2. The van der Waals surface area contributed by atoms with Crippen LogP contribution >= 0.6 is 23.2 Å². The lowest BCUT2D eigenvalue weighted by atomic mass is 9.92. The maximum Gasteiger partial charge on any atom is 0.414 e. The van der Waals surface area contributed by atoms with Gasteiger partial charge in [-0.25, -0.2) is 14.3 Å². The third kappa shape index (κ3) is 6.09. The van der Waals surface area contributed by atoms with Crippen LogP contribution in [0.15, 0.2) is 30.5 Å². The zero-order valence-corrected chi connectivity index (χ0v) is 18.6. The Morgan fingerprint density at radius 3 is 2.35 bits per heavy atom. The minimum Gasteiger partial charge on any atom is -0.473 e. The summed E-state index contributed by atoms with van der Waals surface area (Å²) in [5, 5.41) is 20.6. The molecular formula is C22H25Cl2N3O4. The first-order valence-electron chi connectivity index (χ1n) is 10.3. The number of fused-ring (bicyclic) bond motifs is 1. The van der Waals surface area contributed by atoms with Gasteiger partial charge in [0.05, 0.1) is 27.6 Å². The Kier molecular flexibility index (Phi) is 8.12. The molecule has 0 unspecified atom stereocenters. The highest BCUT2D eigenvalue weighted by Gasteiger charge is 2.20. The maximum atomic E-state index is 9.10. The summed E-state index contributed by atoms with van der Waals surface area (Å²) >= 11 is 12.2. The van der Waals surface area contributed by atoms with Crippen LogP contribution in [0.5, 0.6) is 0 Å². The molecule has 1 aliphatic heterocycles. The van der Waals surface area contributed by atoms with Gasteiger partial charge in [-0.1, -0.05) is 35.7 Å². The van der Waals surface area contributed by atoms with Crippen LogP contribution in [0.4, 0.5) is 0 Å². The van der Waals surface area contributed by atoms with Gasteiger partial charge in [0.1, 0.15) is 0 Å². The molecule has 4 rings (SSSR count). The van der Waals surface area contributed by atoms with Gasteiger partial charge in [0, 0.05) is 12.1 Å². The van der Waals surface area contributed by atoms with Crippen molar-refractivity contribution < 1.29 is 19.8 Å². The molecule has 1 aliphatic carbocycles. The molecule has 1 saturated heterocycles. The maximum absolute atomic E-state index is 9.10. The van der Waals surface area contributed by atoms with Gasteiger partial charge in [-0.05, 0) is 69.0 Å². The fraction of sp³-hybridized carbons (Fsp3) is 0.409. The lowest BCUT2D eigenvalue weighted by Gasteiger charge is -2.26. The molecule has 0 amide bonds. The van der Waals surface area contributed by atoms with Crippen LogP contribution in [0, 0.1) is 0 Å². The quantitative estimate of drug-likeness (QED) is 0.645. The number of hydrogen-bond donors (Lipinski definition) is 2. The predicted octanol–water partition coefficient (Wildman–Crippen LogP) is 4.54. The Bertz CT molecular complexity index is 969. The van der Waals surface area contributed by atoms with E-state index in [1.807, 2.05) is 29.1 Å². The lowest BCUT2D eigenvalue weighted by molar-refractivity contribution is -0.159. The number of carboxylic acids is 2. The fourth-order valence-electron chi connectivity index (χ4n) is 3.90. The number of nitrogens with zero attached hydrogens (tertiary/aromatic N) is 3. The van der Waals surface area contributed by atoms with Gasteiger partial charge in [-0.3, -0.25) is 4.90 Å². The molecule has 2 heterocycles. The number of hydrogen-bond acceptors (Lipinski definition) is 4. The van der Waals surface area contributed by atoms with Crippen molar-refractivity contribution in [2.45, 2.75) is 38.5 Å². The monoisotopic (exact) mass is 465 g/mol. The molecule has 2 aliphatic rings. The SMILES string of the molecule is Clc1ccc(-n2ncc3c2CCC/C3=C\CN2CCCCC2)cc1Cl.O=C(O)C(=O)O. The summed E-state index contributed by atoms with van der Waals surface area (Å²) in [4.78, 5) is 20.8. The molecule has 1 fully saturated rings. The zero-order valence-electron chi connectivity index (χ0n) is 17.1. The Morgan fingerprint density at radius 2 is 1.71 bits per heavy atom. The van der Waals surface area contributed by atoms with Crippen molar-refractivity contribution in [3.63, 3.8) is 0 Å². The second kappa shape index (κ2) is 10.8. The highest BCUT2D eigenvalue weighted by atomic mass is 35.5. The van der Waals surface area contributed by atoms with Gasteiger partial charge < -0.3 is 10.2 Å². The third-order valence-electron chi connectivity index (χ3n) is 5.45. The summed E-state index contributed by atoms with van der Waals surface area (Å²) in [6.07, 6.45) is 11.9. The molecule has 0 radical (unpaired) electrons. The minimum atomic E-state index is -1.82. The van der Waals surface area contributed by atoms with Crippen molar-refractivity contribution in [3.8, 4) is 5.69 Å². The van der Waals surface area contributed by atoms with E-state index in [9.17, 15) is 0 Å². The van der Waals surface area contributed by atoms with Crippen LogP contribution in [-0.2, 0) is 16.0 Å².